The number of aliphatic imine (C=N–C) groups is 1. The van der Waals surface area contributed by atoms with E-state index in [0.717, 1.165) is 0 Å². The number of halogens is 1. The Kier molecular flexibility index (Phi) is 6.07. The average Bonchev–Trinajstić information content (AvgIpc) is 3.16. The molecule has 0 radical (unpaired) electrons. The highest BCUT2D eigenvalue weighted by Gasteiger charge is 2.24. The van der Waals surface area contributed by atoms with E-state index >= 15 is 0 Å². The largest absolute Gasteiger partial charge is 0.490 e. The van der Waals surface area contributed by atoms with Crippen molar-refractivity contribution in [2.24, 2.45) is 4.99 Å². The number of rotatable bonds is 6. The molecule has 0 saturated heterocycles. The maximum Gasteiger partial charge on any atom is 0.363 e. The number of benzene rings is 3. The van der Waals surface area contributed by atoms with E-state index in [1.165, 1.54) is 24.3 Å². The molecule has 160 valence electrons. The second-order valence-corrected chi connectivity index (χ2v) is 6.74. The molecule has 1 aliphatic heterocycles. The first kappa shape index (κ1) is 21.0. The Labute approximate surface area is 183 Å². The summed E-state index contributed by atoms with van der Waals surface area (Å²) in [6.45, 7) is 2.15. The molecule has 3 aromatic rings. The number of hydrogen-bond acceptors (Lipinski definition) is 6. The van der Waals surface area contributed by atoms with E-state index in [-0.39, 0.29) is 17.3 Å². The van der Waals surface area contributed by atoms with Gasteiger partial charge in [-0.25, -0.2) is 19.0 Å². The lowest BCUT2D eigenvalue weighted by Gasteiger charge is -2.11. The molecule has 3 aromatic carbocycles. The zero-order valence-electron chi connectivity index (χ0n) is 17.1. The Morgan fingerprint density at radius 3 is 2.59 bits per heavy atom. The summed E-state index contributed by atoms with van der Waals surface area (Å²) in [7, 11) is 0. The Balaban J connectivity index is 1.60. The third kappa shape index (κ3) is 4.73. The highest BCUT2D eigenvalue weighted by Crippen LogP contribution is 2.31. The van der Waals surface area contributed by atoms with Crippen LogP contribution in [-0.4, -0.2) is 24.4 Å². The van der Waals surface area contributed by atoms with Gasteiger partial charge in [-0.15, -0.1) is 0 Å². The molecule has 1 heterocycles. The molecule has 0 spiro atoms. The molecule has 4 rings (SSSR count). The van der Waals surface area contributed by atoms with Gasteiger partial charge in [-0.2, -0.15) is 0 Å². The van der Waals surface area contributed by atoms with Crippen molar-refractivity contribution < 1.29 is 28.2 Å². The summed E-state index contributed by atoms with van der Waals surface area (Å²) in [5, 5.41) is 0. The lowest BCUT2D eigenvalue weighted by atomic mass is 10.1. The van der Waals surface area contributed by atoms with E-state index in [4.69, 9.17) is 14.2 Å². The Bertz CT molecular complexity index is 1230. The topological polar surface area (TPSA) is 74.2 Å². The minimum absolute atomic E-state index is 0.0270. The highest BCUT2D eigenvalue weighted by atomic mass is 19.1. The molecule has 1 aliphatic rings. The fourth-order valence-corrected chi connectivity index (χ4v) is 3.01. The summed E-state index contributed by atoms with van der Waals surface area (Å²) in [6.07, 6.45) is 1.51. The van der Waals surface area contributed by atoms with Gasteiger partial charge in [-0.1, -0.05) is 30.3 Å². The van der Waals surface area contributed by atoms with Crippen LogP contribution in [-0.2, 0) is 9.53 Å². The molecule has 0 bridgehead atoms. The SMILES string of the molecule is CCOc1cc(/C=C2/N=C(c3cccc(F)c3)OC2=O)ccc1OC(=O)c1ccccc1. The van der Waals surface area contributed by atoms with Crippen molar-refractivity contribution in [3.63, 3.8) is 0 Å². The Hall–Kier alpha value is -4.26. The van der Waals surface area contributed by atoms with E-state index in [9.17, 15) is 14.0 Å². The van der Waals surface area contributed by atoms with Gasteiger partial charge in [0.05, 0.1) is 12.2 Å². The number of carbonyl (C=O) groups excluding carboxylic acids is 2. The van der Waals surface area contributed by atoms with Crippen LogP contribution in [0.4, 0.5) is 4.39 Å². The quantitative estimate of drug-likeness (QED) is 0.319. The van der Waals surface area contributed by atoms with Crippen LogP contribution in [0, 0.1) is 5.82 Å². The fraction of sp³-hybridized carbons (Fsp3) is 0.0800. The minimum Gasteiger partial charge on any atom is -0.490 e. The molecule has 0 amide bonds. The van der Waals surface area contributed by atoms with Crippen LogP contribution in [0.5, 0.6) is 11.5 Å². The number of ether oxygens (including phenoxy) is 3. The lowest BCUT2D eigenvalue weighted by molar-refractivity contribution is -0.129. The van der Waals surface area contributed by atoms with Gasteiger partial charge < -0.3 is 14.2 Å². The predicted molar refractivity (Wildman–Crippen MR) is 116 cm³/mol. The summed E-state index contributed by atoms with van der Waals surface area (Å²) in [5.41, 5.74) is 1.42. The van der Waals surface area contributed by atoms with Crippen molar-refractivity contribution in [2.75, 3.05) is 6.61 Å². The molecule has 7 heteroatoms. The monoisotopic (exact) mass is 431 g/mol. The minimum atomic E-state index is -0.651. The molecule has 0 saturated carbocycles. The molecule has 32 heavy (non-hydrogen) atoms. The van der Waals surface area contributed by atoms with Gasteiger partial charge in [0.2, 0.25) is 5.90 Å². The number of hydrogen-bond donors (Lipinski definition) is 0. The standard InChI is InChI=1S/C25H18FNO5/c1-2-30-22-14-16(11-12-21(22)31-24(28)17-7-4-3-5-8-17)13-20-25(29)32-23(27-20)18-9-6-10-19(26)15-18/h3-15H,2H2,1H3/b20-13+. The fourth-order valence-electron chi connectivity index (χ4n) is 3.01. The number of carbonyl (C=O) groups is 2. The van der Waals surface area contributed by atoms with Crippen LogP contribution in [0.2, 0.25) is 0 Å². The molecule has 0 aromatic heterocycles. The third-order valence-corrected chi connectivity index (χ3v) is 4.48. The number of cyclic esters (lactones) is 1. The maximum absolute atomic E-state index is 13.5. The summed E-state index contributed by atoms with van der Waals surface area (Å²) >= 11 is 0. The molecule has 0 atom stereocenters. The van der Waals surface area contributed by atoms with E-state index < -0.39 is 17.8 Å². The predicted octanol–water partition coefficient (Wildman–Crippen LogP) is 4.79. The third-order valence-electron chi connectivity index (χ3n) is 4.48. The normalized spacial score (nSPS) is 14.1. The van der Waals surface area contributed by atoms with Gasteiger partial charge >= 0.3 is 11.9 Å². The summed E-state index contributed by atoms with van der Waals surface area (Å²) < 4.78 is 29.7. The van der Waals surface area contributed by atoms with Crippen LogP contribution in [0.1, 0.15) is 28.4 Å². The van der Waals surface area contributed by atoms with Crippen LogP contribution in [0.25, 0.3) is 6.08 Å². The van der Waals surface area contributed by atoms with Gasteiger partial charge in [-0.05, 0) is 61.0 Å². The number of nitrogens with zero attached hydrogens (tertiary/aromatic N) is 1. The van der Waals surface area contributed by atoms with Gasteiger partial charge in [0.15, 0.2) is 17.2 Å². The van der Waals surface area contributed by atoms with Crippen molar-refractivity contribution in [3.05, 3.63) is 101 Å². The molecule has 0 fully saturated rings. The maximum atomic E-state index is 13.5. The molecular formula is C25H18FNO5. The second kappa shape index (κ2) is 9.26. The highest BCUT2D eigenvalue weighted by molar-refractivity contribution is 6.12. The molecule has 0 unspecified atom stereocenters. The first-order chi connectivity index (χ1) is 15.5. The van der Waals surface area contributed by atoms with Gasteiger partial charge in [0, 0.05) is 5.56 Å². The van der Waals surface area contributed by atoms with Crippen LogP contribution >= 0.6 is 0 Å². The van der Waals surface area contributed by atoms with Gasteiger partial charge in [0.25, 0.3) is 0 Å². The second-order valence-electron chi connectivity index (χ2n) is 6.74. The molecule has 0 N–H and O–H groups in total. The van der Waals surface area contributed by atoms with Gasteiger partial charge in [0.1, 0.15) is 5.82 Å². The van der Waals surface area contributed by atoms with E-state index in [2.05, 4.69) is 4.99 Å². The van der Waals surface area contributed by atoms with Crippen LogP contribution in [0.15, 0.2) is 83.5 Å². The van der Waals surface area contributed by atoms with Crippen molar-refractivity contribution in [1.82, 2.24) is 0 Å². The molecule has 6 nitrogen and oxygen atoms in total. The smallest absolute Gasteiger partial charge is 0.363 e. The Morgan fingerprint density at radius 1 is 1.03 bits per heavy atom. The van der Waals surface area contributed by atoms with Crippen molar-refractivity contribution >= 4 is 23.9 Å². The van der Waals surface area contributed by atoms with Crippen LogP contribution in [0.3, 0.4) is 0 Å². The number of esters is 2. The first-order valence-corrected chi connectivity index (χ1v) is 9.86. The summed E-state index contributed by atoms with van der Waals surface area (Å²) in [5.74, 6) is -1.00. The van der Waals surface area contributed by atoms with E-state index in [1.807, 2.05) is 0 Å². The van der Waals surface area contributed by atoms with Crippen molar-refractivity contribution in [3.8, 4) is 11.5 Å². The van der Waals surface area contributed by atoms with E-state index in [1.54, 1.807) is 61.5 Å². The Morgan fingerprint density at radius 2 is 1.84 bits per heavy atom. The van der Waals surface area contributed by atoms with E-state index in [0.29, 0.717) is 29.0 Å². The van der Waals surface area contributed by atoms with Crippen LogP contribution < -0.4 is 9.47 Å². The zero-order valence-corrected chi connectivity index (χ0v) is 17.1. The summed E-state index contributed by atoms with van der Waals surface area (Å²) in [4.78, 5) is 28.8. The van der Waals surface area contributed by atoms with Gasteiger partial charge in [-0.3, -0.25) is 0 Å². The first-order valence-electron chi connectivity index (χ1n) is 9.86. The molecule has 0 aliphatic carbocycles. The van der Waals surface area contributed by atoms with Crippen molar-refractivity contribution in [1.29, 1.82) is 0 Å². The van der Waals surface area contributed by atoms with Crippen molar-refractivity contribution in [2.45, 2.75) is 6.92 Å². The summed E-state index contributed by atoms with van der Waals surface area (Å²) in [6, 6.07) is 19.1. The molecular weight excluding hydrogens is 413 g/mol. The lowest BCUT2D eigenvalue weighted by Crippen LogP contribution is -2.09. The zero-order chi connectivity index (χ0) is 22.5. The average molecular weight is 431 g/mol.